The minimum atomic E-state index is -4.67. The Bertz CT molecular complexity index is 1760. The first-order chi connectivity index (χ1) is 23.3. The number of imidazole rings is 1. The number of amides is 4. The molecule has 3 aromatic rings. The number of anilines is 1. The maximum Gasteiger partial charge on any atom is 0.435 e. The second-order valence-corrected chi connectivity index (χ2v) is 13.2. The quantitative estimate of drug-likeness (QED) is 0.231. The summed E-state index contributed by atoms with van der Waals surface area (Å²) in [7, 11) is 1.45. The summed E-state index contributed by atoms with van der Waals surface area (Å²) < 4.78 is 43.8. The van der Waals surface area contributed by atoms with Gasteiger partial charge in [0.1, 0.15) is 0 Å². The van der Waals surface area contributed by atoms with Crippen molar-refractivity contribution in [3.05, 3.63) is 52.7 Å². The van der Waals surface area contributed by atoms with Gasteiger partial charge in [-0.1, -0.05) is 11.6 Å². The lowest BCUT2D eigenvalue weighted by Crippen LogP contribution is -2.50. The summed E-state index contributed by atoms with van der Waals surface area (Å²) in [6, 6.07) is 4.18. The summed E-state index contributed by atoms with van der Waals surface area (Å²) in [4.78, 5) is 52.9. The van der Waals surface area contributed by atoms with Gasteiger partial charge in [-0.2, -0.15) is 18.3 Å². The highest BCUT2D eigenvalue weighted by molar-refractivity contribution is 6.34. The molecular formula is C31H35ClF3N9O5. The van der Waals surface area contributed by atoms with Gasteiger partial charge < -0.3 is 36.3 Å². The van der Waals surface area contributed by atoms with Crippen LogP contribution >= 0.6 is 11.6 Å². The van der Waals surface area contributed by atoms with Gasteiger partial charge in [-0.15, -0.1) is 0 Å². The van der Waals surface area contributed by atoms with E-state index in [1.54, 1.807) is 4.90 Å². The zero-order valence-corrected chi connectivity index (χ0v) is 27.0. The summed E-state index contributed by atoms with van der Waals surface area (Å²) in [5.41, 5.74) is 5.48. The highest BCUT2D eigenvalue weighted by atomic mass is 35.5. The molecule has 0 radical (unpaired) electrons. The van der Waals surface area contributed by atoms with Gasteiger partial charge in [0.25, 0.3) is 18.3 Å². The molecule has 18 heteroatoms. The standard InChI is InChI=1S/C30H33ClF3N9O3.CH2O2/c1-41-23(19-13-43(15-6-7-15)40-25(19)30(32,33)34)10-36-26(41)28(45)37-14-5-8-16(20(31)9-14)27(44)39-24-17-11-42(12-18(17)24)29(46)38-22-4-2-3-21(22)35;2-1-3/h5,8-10,13,15,17-18,21-22,24H,2-4,6-7,11-12,35H2,1H3,(H,37,45)(H,38,46)(H,39,44);1H,(H,2,3)/t17-,18+,21-,22+,24?;/m0./s1. The first kappa shape index (κ1) is 34.2. The van der Waals surface area contributed by atoms with E-state index in [9.17, 15) is 27.6 Å². The molecule has 3 saturated carbocycles. The first-order valence-corrected chi connectivity index (χ1v) is 16.2. The number of nitrogens with one attached hydrogen (secondary N) is 3. The number of nitrogens with two attached hydrogens (primary N) is 1. The number of urea groups is 1. The second-order valence-electron chi connectivity index (χ2n) is 12.8. The van der Waals surface area contributed by atoms with Gasteiger partial charge in [-0.05, 0) is 50.3 Å². The van der Waals surface area contributed by atoms with E-state index in [4.69, 9.17) is 27.2 Å². The topological polar surface area (TPSA) is 190 Å². The van der Waals surface area contributed by atoms with Crippen molar-refractivity contribution in [1.29, 1.82) is 0 Å². The molecule has 1 unspecified atom stereocenters. The van der Waals surface area contributed by atoms with Crippen LogP contribution in [0.25, 0.3) is 11.3 Å². The highest BCUT2D eigenvalue weighted by Gasteiger charge is 2.57. The Kier molecular flexibility index (Phi) is 9.32. The van der Waals surface area contributed by atoms with E-state index in [0.717, 1.165) is 32.1 Å². The molecule has 5 atom stereocenters. The van der Waals surface area contributed by atoms with E-state index in [1.807, 2.05) is 0 Å². The van der Waals surface area contributed by atoms with Gasteiger partial charge in [0.05, 0.1) is 34.1 Å². The fourth-order valence-corrected chi connectivity index (χ4v) is 6.97. The summed E-state index contributed by atoms with van der Waals surface area (Å²) >= 11 is 6.42. The number of alkyl halides is 3. The molecule has 14 nitrogen and oxygen atoms in total. The Morgan fingerprint density at radius 2 is 1.78 bits per heavy atom. The van der Waals surface area contributed by atoms with E-state index in [2.05, 4.69) is 26.0 Å². The monoisotopic (exact) mass is 705 g/mol. The summed E-state index contributed by atoms with van der Waals surface area (Å²) in [6.07, 6.45) is 2.21. The van der Waals surface area contributed by atoms with Crippen molar-refractivity contribution < 1.29 is 37.5 Å². The number of piperidine rings is 1. The van der Waals surface area contributed by atoms with E-state index >= 15 is 0 Å². The number of fused-ring (bicyclic) bond motifs is 1. The Balaban J connectivity index is 0.00000134. The number of carboxylic acid groups (broad SMARTS) is 1. The Hall–Kier alpha value is -4.64. The summed E-state index contributed by atoms with van der Waals surface area (Å²) in [5.74, 6) is -0.811. The first-order valence-electron chi connectivity index (χ1n) is 15.8. The molecule has 1 aliphatic heterocycles. The number of rotatable bonds is 7. The molecular weight excluding hydrogens is 671 g/mol. The van der Waals surface area contributed by atoms with Crippen LogP contribution in [0, 0.1) is 11.8 Å². The third kappa shape index (κ3) is 7.08. The molecule has 1 saturated heterocycles. The van der Waals surface area contributed by atoms with E-state index in [0.29, 0.717) is 13.1 Å². The number of aromatic nitrogens is 4. The number of hydrogen-bond acceptors (Lipinski definition) is 7. The Morgan fingerprint density at radius 3 is 2.37 bits per heavy atom. The maximum atomic E-state index is 13.7. The summed E-state index contributed by atoms with van der Waals surface area (Å²) in [5, 5.41) is 19.4. The van der Waals surface area contributed by atoms with Crippen molar-refractivity contribution in [3.8, 4) is 11.3 Å². The second kappa shape index (κ2) is 13.3. The zero-order valence-electron chi connectivity index (χ0n) is 26.3. The van der Waals surface area contributed by atoms with Crippen LogP contribution in [0.3, 0.4) is 0 Å². The zero-order chi connectivity index (χ0) is 35.2. The minimum absolute atomic E-state index is 0.00477. The van der Waals surface area contributed by atoms with Crippen LogP contribution in [0.1, 0.15) is 64.8 Å². The number of nitrogens with zero attached hydrogens (tertiary/aromatic N) is 5. The van der Waals surface area contributed by atoms with Crippen LogP contribution < -0.4 is 21.7 Å². The average molecular weight is 706 g/mol. The highest BCUT2D eigenvalue weighted by Crippen LogP contribution is 2.46. The van der Waals surface area contributed by atoms with Gasteiger partial charge in [-0.25, -0.2) is 9.78 Å². The van der Waals surface area contributed by atoms with Crippen molar-refractivity contribution >= 4 is 41.6 Å². The molecule has 0 spiro atoms. The van der Waals surface area contributed by atoms with Gasteiger partial charge >= 0.3 is 12.2 Å². The van der Waals surface area contributed by atoms with Crippen LogP contribution in [0.15, 0.2) is 30.6 Å². The predicted octanol–water partition coefficient (Wildman–Crippen LogP) is 3.49. The van der Waals surface area contributed by atoms with Crippen molar-refractivity contribution in [2.24, 2.45) is 24.6 Å². The lowest BCUT2D eigenvalue weighted by molar-refractivity contribution is -0.141. The molecule has 6 N–H and O–H groups in total. The number of likely N-dealkylation sites (tertiary alicyclic amines) is 1. The van der Waals surface area contributed by atoms with Crippen molar-refractivity contribution in [1.82, 2.24) is 34.9 Å². The Labute approximate surface area is 283 Å². The van der Waals surface area contributed by atoms with Gasteiger partial charge in [0, 0.05) is 62.0 Å². The lowest BCUT2D eigenvalue weighted by atomic mass is 10.2. The number of hydrogen-bond donors (Lipinski definition) is 5. The van der Waals surface area contributed by atoms with Gasteiger partial charge in [0.2, 0.25) is 0 Å². The van der Waals surface area contributed by atoms with E-state index in [-0.39, 0.29) is 87.8 Å². The summed E-state index contributed by atoms with van der Waals surface area (Å²) in [6.45, 7) is 0.856. The third-order valence-electron chi connectivity index (χ3n) is 9.52. The van der Waals surface area contributed by atoms with Crippen LogP contribution in [-0.4, -0.2) is 84.9 Å². The predicted molar refractivity (Wildman–Crippen MR) is 170 cm³/mol. The normalized spacial score (nSPS) is 24.0. The van der Waals surface area contributed by atoms with Crippen LogP contribution in [0.4, 0.5) is 23.7 Å². The van der Waals surface area contributed by atoms with Gasteiger partial charge in [0.15, 0.2) is 11.5 Å². The molecule has 3 aliphatic carbocycles. The maximum absolute atomic E-state index is 13.7. The Morgan fingerprint density at radius 1 is 1.08 bits per heavy atom. The van der Waals surface area contributed by atoms with Crippen molar-refractivity contribution in [2.45, 2.75) is 62.4 Å². The van der Waals surface area contributed by atoms with Crippen molar-refractivity contribution in [2.75, 3.05) is 18.4 Å². The smallest absolute Gasteiger partial charge is 0.435 e. The van der Waals surface area contributed by atoms with E-state index in [1.165, 1.54) is 46.9 Å². The molecule has 262 valence electrons. The fraction of sp³-hybridized carbons (Fsp3) is 0.484. The molecule has 7 rings (SSSR count). The fourth-order valence-electron chi connectivity index (χ4n) is 6.70. The molecule has 4 amide bonds. The molecule has 49 heavy (non-hydrogen) atoms. The molecule has 4 aliphatic rings. The largest absolute Gasteiger partial charge is 0.483 e. The molecule has 0 bridgehead atoms. The van der Waals surface area contributed by atoms with Crippen LogP contribution in [-0.2, 0) is 18.0 Å². The number of carbonyl (C=O) groups is 4. The van der Waals surface area contributed by atoms with Crippen LogP contribution in [0.2, 0.25) is 5.02 Å². The average Bonchev–Trinajstić information content (AvgIpc) is 3.66. The lowest BCUT2D eigenvalue weighted by Gasteiger charge is -2.25. The molecule has 3 heterocycles. The van der Waals surface area contributed by atoms with Crippen molar-refractivity contribution in [3.63, 3.8) is 0 Å². The molecule has 1 aromatic carbocycles. The van der Waals surface area contributed by atoms with Gasteiger partial charge in [-0.3, -0.25) is 19.1 Å². The number of carbonyl (C=O) groups excluding carboxylic acids is 3. The number of benzene rings is 1. The number of halogens is 4. The SMILES string of the molecule is Cn1c(-c2cn(C3CC3)nc2C(F)(F)F)cnc1C(=O)Nc1ccc(C(=O)NC2[C@H]3CN(C(=O)N[C@@H]4CCC[C@@H]4N)C[C@@H]23)c(Cl)c1.O=CO. The molecule has 4 fully saturated rings. The minimum Gasteiger partial charge on any atom is -0.483 e. The molecule has 2 aromatic heterocycles. The third-order valence-corrected chi connectivity index (χ3v) is 9.83. The van der Waals surface area contributed by atoms with Crippen LogP contribution in [0.5, 0.6) is 0 Å². The van der Waals surface area contributed by atoms with E-state index < -0.39 is 17.8 Å².